The molecule has 0 aliphatic rings. The third kappa shape index (κ3) is 6.88. The minimum atomic E-state index is -2.25. The van der Waals surface area contributed by atoms with E-state index in [1.165, 1.54) is 4.90 Å². The van der Waals surface area contributed by atoms with Gasteiger partial charge in [0.25, 0.3) is 0 Å². The molecule has 0 heterocycles. The average molecular weight is 455 g/mol. The van der Waals surface area contributed by atoms with Crippen molar-refractivity contribution in [1.82, 2.24) is 4.90 Å². The molecule has 4 rings (SSSR count). The Labute approximate surface area is 207 Å². The number of nitrogens with zero attached hydrogens (tertiary/aromatic N) is 1. The molecule has 0 N–H and O–H groups in total. The standard InChI is InChI=1S/C31H33NO2/c1-32(22-24-33-30(26-14-6-2-7-15-26)27-16-8-3-9-17-27)23-25-34-31(28-18-10-4-11-19-28)29-20-12-5-13-21-29/h2-21,30-31H,22-25H2,1H3/i1D3. The molecule has 0 fully saturated rings. The molecule has 0 spiro atoms. The molecule has 0 aromatic heterocycles. The van der Waals surface area contributed by atoms with Crippen LogP contribution in [0.25, 0.3) is 0 Å². The monoisotopic (exact) mass is 454 g/mol. The van der Waals surface area contributed by atoms with Crippen LogP contribution in [0.5, 0.6) is 0 Å². The summed E-state index contributed by atoms with van der Waals surface area (Å²) in [5, 5.41) is 0. The lowest BCUT2D eigenvalue weighted by Gasteiger charge is -2.23. The van der Waals surface area contributed by atoms with Gasteiger partial charge in [-0.2, -0.15) is 0 Å². The molecule has 0 saturated heterocycles. The molecule has 0 saturated carbocycles. The number of likely N-dealkylation sites (N-methyl/N-ethyl adjacent to an activating group) is 1. The molecule has 3 nitrogen and oxygen atoms in total. The first kappa shape index (κ1) is 20.2. The maximum absolute atomic E-state index is 8.07. The first-order valence-corrected chi connectivity index (χ1v) is 11.7. The van der Waals surface area contributed by atoms with E-state index in [9.17, 15) is 0 Å². The van der Waals surface area contributed by atoms with Crippen molar-refractivity contribution >= 4 is 0 Å². The highest BCUT2D eigenvalue weighted by molar-refractivity contribution is 5.31. The zero-order valence-electron chi connectivity index (χ0n) is 22.3. The second-order valence-electron chi connectivity index (χ2n) is 8.13. The lowest BCUT2D eigenvalue weighted by molar-refractivity contribution is 0.0419. The Balaban J connectivity index is 1.40. The van der Waals surface area contributed by atoms with Crippen molar-refractivity contribution < 1.29 is 13.6 Å². The van der Waals surface area contributed by atoms with Gasteiger partial charge in [-0.3, -0.25) is 0 Å². The fourth-order valence-corrected chi connectivity index (χ4v) is 3.95. The van der Waals surface area contributed by atoms with Crippen LogP contribution >= 0.6 is 0 Å². The van der Waals surface area contributed by atoms with Crippen molar-refractivity contribution in [2.75, 3.05) is 33.3 Å². The fourth-order valence-electron chi connectivity index (χ4n) is 3.95. The molecule has 0 unspecified atom stereocenters. The molecular weight excluding hydrogens is 418 g/mol. The summed E-state index contributed by atoms with van der Waals surface area (Å²) < 4.78 is 36.7. The van der Waals surface area contributed by atoms with Crippen LogP contribution in [0.1, 0.15) is 38.6 Å². The van der Waals surface area contributed by atoms with Gasteiger partial charge in [0.2, 0.25) is 0 Å². The van der Waals surface area contributed by atoms with E-state index < -0.39 is 6.98 Å². The Bertz CT molecular complexity index is 1000. The van der Waals surface area contributed by atoms with Gasteiger partial charge in [-0.1, -0.05) is 121 Å². The maximum Gasteiger partial charge on any atom is 0.108 e. The molecule has 4 aromatic carbocycles. The van der Waals surface area contributed by atoms with Gasteiger partial charge in [0.1, 0.15) is 12.2 Å². The van der Waals surface area contributed by atoms with Gasteiger partial charge in [-0.05, 0) is 29.2 Å². The third-order valence-electron chi connectivity index (χ3n) is 5.70. The minimum absolute atomic E-state index is 0.261. The molecule has 34 heavy (non-hydrogen) atoms. The molecule has 0 amide bonds. The second-order valence-corrected chi connectivity index (χ2v) is 8.13. The maximum atomic E-state index is 8.07. The Hall–Kier alpha value is -3.24. The van der Waals surface area contributed by atoms with Crippen molar-refractivity contribution in [3.63, 3.8) is 0 Å². The van der Waals surface area contributed by atoms with E-state index in [0.29, 0.717) is 0 Å². The topological polar surface area (TPSA) is 21.7 Å². The van der Waals surface area contributed by atoms with Gasteiger partial charge in [0.15, 0.2) is 0 Å². The van der Waals surface area contributed by atoms with Crippen LogP contribution in [0.3, 0.4) is 0 Å². The molecule has 0 bridgehead atoms. The van der Waals surface area contributed by atoms with Crippen molar-refractivity contribution in [3.05, 3.63) is 144 Å². The molecule has 0 radical (unpaired) electrons. The Kier molecular flexibility index (Phi) is 7.62. The van der Waals surface area contributed by atoms with Gasteiger partial charge in [-0.15, -0.1) is 0 Å². The van der Waals surface area contributed by atoms with Crippen LogP contribution < -0.4 is 0 Å². The summed E-state index contributed by atoms with van der Waals surface area (Å²) >= 11 is 0. The predicted octanol–water partition coefficient (Wildman–Crippen LogP) is 6.53. The Morgan fingerprint density at radius 1 is 0.529 bits per heavy atom. The largest absolute Gasteiger partial charge is 0.367 e. The van der Waals surface area contributed by atoms with E-state index in [1.807, 2.05) is 121 Å². The van der Waals surface area contributed by atoms with Gasteiger partial charge in [0.05, 0.1) is 13.2 Å². The number of hydrogen-bond acceptors (Lipinski definition) is 3. The first-order chi connectivity index (χ1) is 18.0. The number of ether oxygens (including phenoxy) is 2. The lowest BCUT2D eigenvalue weighted by atomic mass is 10.0. The van der Waals surface area contributed by atoms with Gasteiger partial charge >= 0.3 is 0 Å². The molecule has 0 atom stereocenters. The van der Waals surface area contributed by atoms with Crippen molar-refractivity contribution in [2.24, 2.45) is 0 Å². The minimum Gasteiger partial charge on any atom is -0.367 e. The van der Waals surface area contributed by atoms with E-state index >= 15 is 0 Å². The molecule has 3 heteroatoms. The lowest BCUT2D eigenvalue weighted by Crippen LogP contribution is -2.28. The third-order valence-corrected chi connectivity index (χ3v) is 5.70. The molecule has 4 aromatic rings. The highest BCUT2D eigenvalue weighted by Gasteiger charge is 2.16. The van der Waals surface area contributed by atoms with E-state index in [2.05, 4.69) is 0 Å². The number of hydrogen-bond donors (Lipinski definition) is 0. The summed E-state index contributed by atoms with van der Waals surface area (Å²) in [7, 11) is 0. The molecule has 174 valence electrons. The zero-order chi connectivity index (χ0) is 25.9. The number of benzene rings is 4. The van der Waals surface area contributed by atoms with Crippen molar-refractivity contribution in [1.29, 1.82) is 0 Å². The zero-order valence-corrected chi connectivity index (χ0v) is 19.3. The average Bonchev–Trinajstić information content (AvgIpc) is 2.93. The summed E-state index contributed by atoms with van der Waals surface area (Å²) in [6, 6.07) is 40.0. The highest BCUT2D eigenvalue weighted by Crippen LogP contribution is 2.26. The molecular formula is C31H33NO2. The van der Waals surface area contributed by atoms with E-state index in [1.54, 1.807) is 0 Å². The van der Waals surface area contributed by atoms with Crippen molar-refractivity contribution in [2.45, 2.75) is 12.2 Å². The summed E-state index contributed by atoms with van der Waals surface area (Å²) in [6.45, 7) is -1.19. The quantitative estimate of drug-likeness (QED) is 0.243. The van der Waals surface area contributed by atoms with Crippen LogP contribution in [0.15, 0.2) is 121 Å². The Morgan fingerprint density at radius 2 is 0.824 bits per heavy atom. The number of rotatable bonds is 12. The van der Waals surface area contributed by atoms with E-state index in [0.717, 1.165) is 22.3 Å². The predicted molar refractivity (Wildman–Crippen MR) is 139 cm³/mol. The first-order valence-electron chi connectivity index (χ1n) is 13.2. The molecule has 0 aliphatic carbocycles. The van der Waals surface area contributed by atoms with E-state index in [-0.39, 0.29) is 38.5 Å². The van der Waals surface area contributed by atoms with Crippen LogP contribution in [0.2, 0.25) is 0 Å². The van der Waals surface area contributed by atoms with Gasteiger partial charge in [-0.25, -0.2) is 0 Å². The van der Waals surface area contributed by atoms with E-state index in [4.69, 9.17) is 13.6 Å². The van der Waals surface area contributed by atoms with Crippen LogP contribution in [-0.4, -0.2) is 38.2 Å². The summed E-state index contributed by atoms with van der Waals surface area (Å²) in [6.07, 6.45) is -0.532. The fraction of sp³-hybridized carbons (Fsp3) is 0.226. The van der Waals surface area contributed by atoms with Crippen LogP contribution in [0, 0.1) is 0 Å². The van der Waals surface area contributed by atoms with Gasteiger partial charge in [0, 0.05) is 17.2 Å². The molecule has 0 aliphatic heterocycles. The van der Waals surface area contributed by atoms with Crippen LogP contribution in [-0.2, 0) is 9.47 Å². The SMILES string of the molecule is [2H]C([2H])([2H])N(CCOC(c1ccccc1)c1ccccc1)CCOC(c1ccccc1)c1ccccc1. The van der Waals surface area contributed by atoms with Crippen LogP contribution in [0.4, 0.5) is 0 Å². The highest BCUT2D eigenvalue weighted by atomic mass is 16.5. The summed E-state index contributed by atoms with van der Waals surface area (Å²) in [5.41, 5.74) is 4.13. The second kappa shape index (κ2) is 12.9. The summed E-state index contributed by atoms with van der Waals surface area (Å²) in [4.78, 5) is 1.45. The normalized spacial score (nSPS) is 13.1. The van der Waals surface area contributed by atoms with Crippen molar-refractivity contribution in [3.8, 4) is 0 Å². The summed E-state index contributed by atoms with van der Waals surface area (Å²) in [5.74, 6) is 0. The van der Waals surface area contributed by atoms with Gasteiger partial charge < -0.3 is 14.4 Å². The Morgan fingerprint density at radius 3 is 1.09 bits per heavy atom. The smallest absolute Gasteiger partial charge is 0.108 e.